The number of amides is 2. The Morgan fingerprint density at radius 2 is 1.78 bits per heavy atom. The van der Waals surface area contributed by atoms with E-state index in [1.807, 2.05) is 30.3 Å². The van der Waals surface area contributed by atoms with Crippen LogP contribution in [0.15, 0.2) is 65.5 Å². The number of thiazole rings is 1. The number of ketones is 1. The van der Waals surface area contributed by atoms with Crippen molar-refractivity contribution in [3.8, 4) is 11.3 Å². The fraction of sp³-hybridized carbons (Fsp3) is 0.310. The predicted octanol–water partition coefficient (Wildman–Crippen LogP) is 5.29. The largest absolute Gasteiger partial charge is 0.354 e. The zero-order valence-electron chi connectivity index (χ0n) is 21.0. The van der Waals surface area contributed by atoms with Crippen molar-refractivity contribution in [3.63, 3.8) is 0 Å². The molecule has 0 saturated carbocycles. The number of carbonyl (C=O) groups is 3. The standard InChI is InChI=1S/C29H32N4O3S/c1-20(34)10-4-2-7-15-25(33-29(36)26-18-37-19-31-26)28(35)30-17-16-23-22-13-8-9-14-24(22)32-27(23)21-11-5-3-6-12-21/h3,5-6,8-9,11-14,18-19,25,32H,2,4,7,10,15-17H2,1H3,(H,30,35)(H,33,36). The summed E-state index contributed by atoms with van der Waals surface area (Å²) in [6, 6.07) is 17.7. The van der Waals surface area contributed by atoms with Crippen LogP contribution in [-0.4, -0.2) is 40.2 Å². The number of hydrogen-bond acceptors (Lipinski definition) is 5. The number of benzene rings is 2. The smallest absolute Gasteiger partial charge is 0.271 e. The summed E-state index contributed by atoms with van der Waals surface area (Å²) in [6.45, 7) is 2.02. The van der Waals surface area contributed by atoms with Gasteiger partial charge in [0, 0.05) is 34.9 Å². The third-order valence-electron chi connectivity index (χ3n) is 6.36. The van der Waals surface area contributed by atoms with Gasteiger partial charge in [-0.2, -0.15) is 0 Å². The van der Waals surface area contributed by atoms with Crippen LogP contribution in [0.5, 0.6) is 0 Å². The fourth-order valence-corrected chi connectivity index (χ4v) is 5.00. The summed E-state index contributed by atoms with van der Waals surface area (Å²) >= 11 is 1.34. The average molecular weight is 517 g/mol. The van der Waals surface area contributed by atoms with E-state index < -0.39 is 6.04 Å². The van der Waals surface area contributed by atoms with Crippen LogP contribution in [-0.2, 0) is 16.0 Å². The molecule has 4 rings (SSSR count). The number of unbranched alkanes of at least 4 members (excludes halogenated alkanes) is 2. The Kier molecular flexibility index (Phi) is 9.21. The molecule has 0 aliphatic carbocycles. The van der Waals surface area contributed by atoms with Crippen LogP contribution >= 0.6 is 11.3 Å². The summed E-state index contributed by atoms with van der Waals surface area (Å²) in [6.07, 6.45) is 4.03. The van der Waals surface area contributed by atoms with Crippen LogP contribution in [0.4, 0.5) is 0 Å². The van der Waals surface area contributed by atoms with E-state index in [0.717, 1.165) is 47.0 Å². The third-order valence-corrected chi connectivity index (χ3v) is 6.95. The molecule has 0 saturated heterocycles. The van der Waals surface area contributed by atoms with Gasteiger partial charge in [0.25, 0.3) is 5.91 Å². The lowest BCUT2D eigenvalue weighted by molar-refractivity contribution is -0.123. The summed E-state index contributed by atoms with van der Waals surface area (Å²) < 4.78 is 0. The fourth-order valence-electron chi connectivity index (χ4n) is 4.47. The van der Waals surface area contributed by atoms with Crippen molar-refractivity contribution in [2.45, 2.75) is 51.5 Å². The van der Waals surface area contributed by atoms with Crippen LogP contribution < -0.4 is 10.6 Å². The highest BCUT2D eigenvalue weighted by Crippen LogP contribution is 2.30. The Bertz CT molecular complexity index is 1330. The van der Waals surface area contributed by atoms with E-state index in [-0.39, 0.29) is 17.6 Å². The van der Waals surface area contributed by atoms with E-state index >= 15 is 0 Å². The summed E-state index contributed by atoms with van der Waals surface area (Å²) in [5.41, 5.74) is 6.26. The molecule has 1 unspecified atom stereocenters. The van der Waals surface area contributed by atoms with Crippen LogP contribution in [0.2, 0.25) is 0 Å². The molecule has 7 nitrogen and oxygen atoms in total. The van der Waals surface area contributed by atoms with E-state index in [1.54, 1.807) is 17.8 Å². The van der Waals surface area contributed by atoms with Crippen LogP contribution in [0.25, 0.3) is 22.2 Å². The number of Topliss-reactive ketones (excluding diaryl/α,β-unsaturated/α-hetero) is 1. The molecule has 2 aromatic heterocycles. The van der Waals surface area contributed by atoms with Crippen LogP contribution in [0.1, 0.15) is 55.1 Å². The monoisotopic (exact) mass is 516 g/mol. The zero-order valence-corrected chi connectivity index (χ0v) is 21.8. The van der Waals surface area contributed by atoms with E-state index in [0.29, 0.717) is 31.5 Å². The Labute approximate surface area is 220 Å². The molecule has 2 amide bonds. The van der Waals surface area contributed by atoms with Crippen molar-refractivity contribution < 1.29 is 14.4 Å². The number of hydrogen-bond donors (Lipinski definition) is 3. The molecule has 0 fully saturated rings. The molecule has 192 valence electrons. The number of nitrogens with zero attached hydrogens (tertiary/aromatic N) is 1. The Balaban J connectivity index is 1.42. The van der Waals surface area contributed by atoms with Crippen molar-refractivity contribution >= 4 is 39.8 Å². The molecule has 0 radical (unpaired) electrons. The van der Waals surface area contributed by atoms with Crippen molar-refractivity contribution in [1.29, 1.82) is 0 Å². The first kappa shape index (κ1) is 26.3. The molecule has 2 heterocycles. The molecule has 1 atom stereocenters. The summed E-state index contributed by atoms with van der Waals surface area (Å²) in [7, 11) is 0. The first-order chi connectivity index (χ1) is 18.0. The van der Waals surface area contributed by atoms with Gasteiger partial charge in [-0.1, -0.05) is 61.4 Å². The maximum absolute atomic E-state index is 13.2. The second kappa shape index (κ2) is 13.0. The van der Waals surface area contributed by atoms with Gasteiger partial charge in [-0.15, -0.1) is 11.3 Å². The molecule has 4 aromatic rings. The number of nitrogens with one attached hydrogen (secondary N) is 3. The highest BCUT2D eigenvalue weighted by molar-refractivity contribution is 7.07. The number of H-pyrrole nitrogens is 1. The number of carbonyl (C=O) groups excluding carboxylic acids is 3. The molecule has 37 heavy (non-hydrogen) atoms. The molecule has 0 spiro atoms. The normalized spacial score (nSPS) is 11.8. The van der Waals surface area contributed by atoms with Gasteiger partial charge in [0.15, 0.2) is 0 Å². The number of aromatic nitrogens is 2. The lowest BCUT2D eigenvalue weighted by Crippen LogP contribution is -2.47. The predicted molar refractivity (Wildman–Crippen MR) is 148 cm³/mol. The molecular weight excluding hydrogens is 484 g/mol. The molecule has 0 aliphatic heterocycles. The molecule has 2 aromatic carbocycles. The second-order valence-corrected chi connectivity index (χ2v) is 9.85. The SMILES string of the molecule is CC(=O)CCCCCC(NC(=O)c1cscn1)C(=O)NCCc1c(-c2ccccc2)[nH]c2ccccc12. The van der Waals surface area contributed by atoms with Crippen molar-refractivity contribution in [2.24, 2.45) is 0 Å². The second-order valence-electron chi connectivity index (χ2n) is 9.13. The minimum absolute atomic E-state index is 0.165. The quantitative estimate of drug-likeness (QED) is 0.210. The van der Waals surface area contributed by atoms with Crippen LogP contribution in [0.3, 0.4) is 0 Å². The molecular formula is C29H32N4O3S. The zero-order chi connectivity index (χ0) is 26.0. The topological polar surface area (TPSA) is 104 Å². The van der Waals surface area contributed by atoms with Crippen molar-refractivity contribution in [3.05, 3.63) is 76.7 Å². The van der Waals surface area contributed by atoms with Crippen LogP contribution in [0, 0.1) is 0 Å². The third kappa shape index (κ3) is 7.13. The van der Waals surface area contributed by atoms with E-state index in [2.05, 4.69) is 44.9 Å². The van der Waals surface area contributed by atoms with Gasteiger partial charge in [-0.05, 0) is 43.4 Å². The maximum atomic E-state index is 13.2. The van der Waals surface area contributed by atoms with Gasteiger partial charge in [0.05, 0.1) is 5.51 Å². The van der Waals surface area contributed by atoms with Gasteiger partial charge in [-0.3, -0.25) is 9.59 Å². The van der Waals surface area contributed by atoms with E-state index in [1.165, 1.54) is 11.3 Å². The lowest BCUT2D eigenvalue weighted by Gasteiger charge is -2.18. The minimum atomic E-state index is -0.664. The minimum Gasteiger partial charge on any atom is -0.354 e. The summed E-state index contributed by atoms with van der Waals surface area (Å²) in [5, 5.41) is 8.68. The Morgan fingerprint density at radius 1 is 1.00 bits per heavy atom. The van der Waals surface area contributed by atoms with E-state index in [9.17, 15) is 14.4 Å². The lowest BCUT2D eigenvalue weighted by atomic mass is 10.0. The van der Waals surface area contributed by atoms with Crippen molar-refractivity contribution in [1.82, 2.24) is 20.6 Å². The Hall–Kier alpha value is -3.78. The van der Waals surface area contributed by atoms with Gasteiger partial charge < -0.3 is 20.4 Å². The summed E-state index contributed by atoms with van der Waals surface area (Å²) in [4.78, 5) is 44.6. The highest BCUT2D eigenvalue weighted by Gasteiger charge is 2.22. The van der Waals surface area contributed by atoms with Gasteiger partial charge >= 0.3 is 0 Å². The van der Waals surface area contributed by atoms with Crippen molar-refractivity contribution in [2.75, 3.05) is 6.54 Å². The number of fused-ring (bicyclic) bond motifs is 1. The summed E-state index contributed by atoms with van der Waals surface area (Å²) in [5.74, 6) is -0.400. The molecule has 0 aliphatic rings. The average Bonchev–Trinajstić information content (AvgIpc) is 3.57. The maximum Gasteiger partial charge on any atom is 0.271 e. The van der Waals surface area contributed by atoms with Gasteiger partial charge in [-0.25, -0.2) is 4.98 Å². The van der Waals surface area contributed by atoms with Gasteiger partial charge in [0.1, 0.15) is 17.5 Å². The molecule has 3 N–H and O–H groups in total. The number of rotatable bonds is 13. The van der Waals surface area contributed by atoms with Gasteiger partial charge in [0.2, 0.25) is 5.91 Å². The first-order valence-electron chi connectivity index (χ1n) is 12.6. The molecule has 8 heteroatoms. The highest BCUT2D eigenvalue weighted by atomic mass is 32.1. The van der Waals surface area contributed by atoms with E-state index in [4.69, 9.17) is 0 Å². The number of para-hydroxylation sites is 1. The Morgan fingerprint density at radius 3 is 2.54 bits per heavy atom. The molecule has 0 bridgehead atoms. The number of aromatic amines is 1. The first-order valence-corrected chi connectivity index (χ1v) is 13.6.